The molecule has 1 aromatic heterocycles. The number of thiophene rings is 1. The lowest BCUT2D eigenvalue weighted by atomic mass is 10.1. The predicted molar refractivity (Wildman–Crippen MR) is 79.6 cm³/mol. The Bertz CT molecular complexity index is 592. The quantitative estimate of drug-likeness (QED) is 0.773. The Labute approximate surface area is 124 Å². The van der Waals surface area contributed by atoms with Crippen LogP contribution in [0.5, 0.6) is 11.5 Å². The van der Waals surface area contributed by atoms with Crippen molar-refractivity contribution in [3.05, 3.63) is 44.6 Å². The van der Waals surface area contributed by atoms with Crippen molar-refractivity contribution in [3.63, 3.8) is 0 Å². The van der Waals surface area contributed by atoms with Crippen LogP contribution in [-0.2, 0) is 6.42 Å². The number of hydrogen-bond donors (Lipinski definition) is 0. The van der Waals surface area contributed by atoms with Gasteiger partial charge in [-0.05, 0) is 45.6 Å². The lowest BCUT2D eigenvalue weighted by molar-refractivity contribution is 0.0990. The first-order valence-corrected chi connectivity index (χ1v) is 7.30. The summed E-state index contributed by atoms with van der Waals surface area (Å²) in [5.41, 5.74) is 0.544. The summed E-state index contributed by atoms with van der Waals surface area (Å²) in [6.45, 7) is 0. The summed E-state index contributed by atoms with van der Waals surface area (Å²) < 4.78 is 11.3. The summed E-state index contributed by atoms with van der Waals surface area (Å²) >= 11 is 4.99. The molecule has 0 saturated carbocycles. The van der Waals surface area contributed by atoms with Gasteiger partial charge in [0.2, 0.25) is 0 Å². The Morgan fingerprint density at radius 3 is 2.63 bits per heavy atom. The highest BCUT2D eigenvalue weighted by molar-refractivity contribution is 9.10. The van der Waals surface area contributed by atoms with Crippen LogP contribution >= 0.6 is 27.3 Å². The molecule has 0 amide bonds. The number of ketones is 1. The Hall–Kier alpha value is -1.33. The van der Waals surface area contributed by atoms with Crippen LogP contribution in [0.25, 0.3) is 0 Å². The number of methoxy groups -OCH3 is 2. The summed E-state index contributed by atoms with van der Waals surface area (Å²) in [5, 5.41) is 1.95. The third kappa shape index (κ3) is 3.16. The molecule has 5 heteroatoms. The Morgan fingerprint density at radius 2 is 2.05 bits per heavy atom. The average molecular weight is 341 g/mol. The van der Waals surface area contributed by atoms with Gasteiger partial charge >= 0.3 is 0 Å². The van der Waals surface area contributed by atoms with Gasteiger partial charge < -0.3 is 9.47 Å². The van der Waals surface area contributed by atoms with E-state index in [4.69, 9.17) is 9.47 Å². The molecule has 0 bridgehead atoms. The number of carbonyl (C=O) groups is 1. The molecule has 2 rings (SSSR count). The van der Waals surface area contributed by atoms with Gasteiger partial charge in [0.05, 0.1) is 19.8 Å². The average Bonchev–Trinajstić information content (AvgIpc) is 2.83. The molecule has 0 N–H and O–H groups in total. The number of Topliss-reactive ketones (excluding diaryl/α,β-unsaturated/α-hetero) is 1. The smallest absolute Gasteiger partial charge is 0.171 e. The van der Waals surface area contributed by atoms with Crippen molar-refractivity contribution in [2.75, 3.05) is 14.2 Å². The molecule has 0 saturated heterocycles. The van der Waals surface area contributed by atoms with Crippen LogP contribution in [0.1, 0.15) is 15.2 Å². The van der Waals surface area contributed by atoms with E-state index < -0.39 is 0 Å². The topological polar surface area (TPSA) is 35.5 Å². The lowest BCUT2D eigenvalue weighted by Crippen LogP contribution is -2.05. The van der Waals surface area contributed by atoms with E-state index in [1.807, 2.05) is 11.4 Å². The molecule has 0 aliphatic heterocycles. The molecule has 100 valence electrons. The molecule has 3 nitrogen and oxygen atoms in total. The molecular formula is C14H13BrO3S. The maximum absolute atomic E-state index is 12.4. The van der Waals surface area contributed by atoms with Gasteiger partial charge in [-0.2, -0.15) is 0 Å². The van der Waals surface area contributed by atoms with Gasteiger partial charge in [-0.15, -0.1) is 11.3 Å². The van der Waals surface area contributed by atoms with Crippen LogP contribution in [0.2, 0.25) is 0 Å². The summed E-state index contributed by atoms with van der Waals surface area (Å²) in [6, 6.07) is 7.17. The highest BCUT2D eigenvalue weighted by atomic mass is 79.9. The SMILES string of the molecule is COc1ccc(OC)c(C(=O)Cc2sccc2Br)c1. The van der Waals surface area contributed by atoms with Crippen molar-refractivity contribution < 1.29 is 14.3 Å². The van der Waals surface area contributed by atoms with Gasteiger partial charge in [-0.3, -0.25) is 4.79 Å². The normalized spacial score (nSPS) is 10.3. The number of carbonyl (C=O) groups excluding carboxylic acids is 1. The number of hydrogen-bond acceptors (Lipinski definition) is 4. The highest BCUT2D eigenvalue weighted by Crippen LogP contribution is 2.28. The molecule has 19 heavy (non-hydrogen) atoms. The molecule has 0 aliphatic carbocycles. The molecule has 2 aromatic rings. The second-order valence-electron chi connectivity index (χ2n) is 3.86. The van der Waals surface area contributed by atoms with E-state index in [0.717, 1.165) is 9.35 Å². The zero-order valence-electron chi connectivity index (χ0n) is 10.6. The van der Waals surface area contributed by atoms with E-state index in [2.05, 4.69) is 15.9 Å². The van der Waals surface area contributed by atoms with Crippen LogP contribution in [0.3, 0.4) is 0 Å². The van der Waals surface area contributed by atoms with Gasteiger partial charge in [-0.25, -0.2) is 0 Å². The van der Waals surface area contributed by atoms with Crippen LogP contribution < -0.4 is 9.47 Å². The van der Waals surface area contributed by atoms with Crippen molar-refractivity contribution in [3.8, 4) is 11.5 Å². The fraction of sp³-hybridized carbons (Fsp3) is 0.214. The van der Waals surface area contributed by atoms with Gasteiger partial charge in [0.15, 0.2) is 5.78 Å². The molecule has 0 spiro atoms. The van der Waals surface area contributed by atoms with E-state index in [-0.39, 0.29) is 5.78 Å². The number of halogens is 1. The van der Waals surface area contributed by atoms with Crippen molar-refractivity contribution in [2.45, 2.75) is 6.42 Å². The first-order valence-electron chi connectivity index (χ1n) is 5.62. The standard InChI is InChI=1S/C14H13BrO3S/c1-17-9-3-4-13(18-2)10(7-9)12(16)8-14-11(15)5-6-19-14/h3-7H,8H2,1-2H3. The van der Waals surface area contributed by atoms with Crippen LogP contribution in [0.4, 0.5) is 0 Å². The molecule has 0 unspecified atom stereocenters. The van der Waals surface area contributed by atoms with E-state index >= 15 is 0 Å². The maximum atomic E-state index is 12.4. The zero-order valence-corrected chi connectivity index (χ0v) is 13.0. The fourth-order valence-electron chi connectivity index (χ4n) is 1.72. The molecule has 0 atom stereocenters. The van der Waals surface area contributed by atoms with Gasteiger partial charge in [-0.1, -0.05) is 0 Å². The minimum absolute atomic E-state index is 0.0129. The second kappa shape index (κ2) is 6.21. The Morgan fingerprint density at radius 1 is 1.26 bits per heavy atom. The zero-order chi connectivity index (χ0) is 13.8. The Balaban J connectivity index is 2.29. The van der Waals surface area contributed by atoms with Crippen molar-refractivity contribution in [1.29, 1.82) is 0 Å². The summed E-state index contributed by atoms with van der Waals surface area (Å²) in [6.07, 6.45) is 0.349. The highest BCUT2D eigenvalue weighted by Gasteiger charge is 2.16. The first kappa shape index (κ1) is 14.1. The molecule has 1 heterocycles. The van der Waals surface area contributed by atoms with Crippen LogP contribution in [0, 0.1) is 0 Å². The van der Waals surface area contributed by atoms with Crippen LogP contribution in [-0.4, -0.2) is 20.0 Å². The third-order valence-corrected chi connectivity index (χ3v) is 4.65. The lowest BCUT2D eigenvalue weighted by Gasteiger charge is -2.09. The van der Waals surface area contributed by atoms with Gasteiger partial charge in [0, 0.05) is 15.8 Å². The van der Waals surface area contributed by atoms with Crippen molar-refractivity contribution in [1.82, 2.24) is 0 Å². The molecule has 0 fully saturated rings. The summed E-state index contributed by atoms with van der Waals surface area (Å²) in [5.74, 6) is 1.23. The molecule has 0 aliphatic rings. The second-order valence-corrected chi connectivity index (χ2v) is 5.71. The predicted octanol–water partition coefficient (Wildman–Crippen LogP) is 3.95. The molecule has 1 aromatic carbocycles. The minimum atomic E-state index is 0.0129. The van der Waals surface area contributed by atoms with E-state index in [0.29, 0.717) is 23.5 Å². The maximum Gasteiger partial charge on any atom is 0.171 e. The summed E-state index contributed by atoms with van der Waals surface area (Å²) in [7, 11) is 3.13. The van der Waals surface area contributed by atoms with E-state index in [1.54, 1.807) is 43.8 Å². The van der Waals surface area contributed by atoms with Crippen molar-refractivity contribution in [2.24, 2.45) is 0 Å². The van der Waals surface area contributed by atoms with Gasteiger partial charge in [0.1, 0.15) is 11.5 Å². The van der Waals surface area contributed by atoms with Gasteiger partial charge in [0.25, 0.3) is 0 Å². The third-order valence-electron chi connectivity index (χ3n) is 2.72. The number of benzene rings is 1. The summed E-state index contributed by atoms with van der Waals surface area (Å²) in [4.78, 5) is 13.4. The largest absolute Gasteiger partial charge is 0.497 e. The molecule has 0 radical (unpaired) electrons. The van der Waals surface area contributed by atoms with Crippen LogP contribution in [0.15, 0.2) is 34.1 Å². The van der Waals surface area contributed by atoms with Crippen molar-refractivity contribution >= 4 is 33.0 Å². The van der Waals surface area contributed by atoms with E-state index in [9.17, 15) is 4.79 Å². The number of ether oxygens (including phenoxy) is 2. The number of rotatable bonds is 5. The van der Waals surface area contributed by atoms with E-state index in [1.165, 1.54) is 0 Å². The fourth-order valence-corrected chi connectivity index (χ4v) is 3.22. The Kier molecular flexibility index (Phi) is 4.61. The monoisotopic (exact) mass is 340 g/mol. The first-order chi connectivity index (χ1) is 9.15. The molecular weight excluding hydrogens is 328 g/mol. The minimum Gasteiger partial charge on any atom is -0.497 e.